The maximum absolute atomic E-state index is 5.74. The normalized spacial score (nSPS) is 10.6. The zero-order chi connectivity index (χ0) is 16.2. The van der Waals surface area contributed by atoms with E-state index in [-0.39, 0.29) is 0 Å². The Morgan fingerprint density at radius 3 is 2.39 bits per heavy atom. The molecule has 0 amide bonds. The van der Waals surface area contributed by atoms with Gasteiger partial charge in [-0.25, -0.2) is 4.98 Å². The van der Waals surface area contributed by atoms with Crippen LogP contribution in [-0.4, -0.2) is 31.3 Å². The molecule has 0 atom stereocenters. The van der Waals surface area contributed by atoms with Crippen molar-refractivity contribution in [3.8, 4) is 23.0 Å². The summed E-state index contributed by atoms with van der Waals surface area (Å²) in [5.74, 6) is 3.50. The highest BCUT2D eigenvalue weighted by Gasteiger charge is 2.10. The molecule has 120 valence electrons. The van der Waals surface area contributed by atoms with Gasteiger partial charge in [-0.05, 0) is 12.1 Å². The van der Waals surface area contributed by atoms with Crippen LogP contribution in [0.2, 0.25) is 0 Å². The van der Waals surface area contributed by atoms with Crippen molar-refractivity contribution >= 4 is 11.0 Å². The van der Waals surface area contributed by atoms with Gasteiger partial charge >= 0.3 is 0 Å². The summed E-state index contributed by atoms with van der Waals surface area (Å²) in [4.78, 5) is 7.72. The van der Waals surface area contributed by atoms with Gasteiger partial charge in [0.05, 0.1) is 32.4 Å². The lowest BCUT2D eigenvalue weighted by molar-refractivity contribution is 0.295. The number of rotatable bonds is 6. The molecule has 0 aliphatic heterocycles. The fourth-order valence-corrected chi connectivity index (χ4v) is 2.30. The Labute approximate surface area is 134 Å². The van der Waals surface area contributed by atoms with E-state index in [1.165, 1.54) is 0 Å². The molecule has 0 aliphatic rings. The molecule has 3 aromatic rings. The van der Waals surface area contributed by atoms with Crippen molar-refractivity contribution in [3.05, 3.63) is 42.2 Å². The highest BCUT2D eigenvalue weighted by molar-refractivity contribution is 5.79. The molecule has 2 aromatic carbocycles. The Morgan fingerprint density at radius 1 is 0.913 bits per heavy atom. The minimum atomic E-state index is 0.326. The molecule has 0 saturated heterocycles. The number of hydrogen-bond donors (Lipinski definition) is 1. The van der Waals surface area contributed by atoms with Gasteiger partial charge in [0.2, 0.25) is 0 Å². The van der Waals surface area contributed by atoms with Gasteiger partial charge in [0.25, 0.3) is 0 Å². The highest BCUT2D eigenvalue weighted by Crippen LogP contribution is 2.31. The van der Waals surface area contributed by atoms with Crippen LogP contribution >= 0.6 is 0 Å². The van der Waals surface area contributed by atoms with Crippen LogP contribution in [0.25, 0.3) is 11.0 Å². The smallest absolute Gasteiger partial charge is 0.163 e. The van der Waals surface area contributed by atoms with E-state index in [2.05, 4.69) is 9.97 Å². The quantitative estimate of drug-likeness (QED) is 0.757. The molecule has 0 unspecified atom stereocenters. The average Bonchev–Trinajstić information content (AvgIpc) is 3.00. The third kappa shape index (κ3) is 3.15. The van der Waals surface area contributed by atoms with Crippen LogP contribution in [0.1, 0.15) is 5.82 Å². The molecule has 1 N–H and O–H groups in total. The van der Waals surface area contributed by atoms with E-state index >= 15 is 0 Å². The first-order chi connectivity index (χ1) is 11.2. The highest BCUT2D eigenvalue weighted by atomic mass is 16.5. The van der Waals surface area contributed by atoms with E-state index in [0.717, 1.165) is 28.4 Å². The molecule has 0 aliphatic carbocycles. The second kappa shape index (κ2) is 6.48. The molecular formula is C17H18N2O4. The summed E-state index contributed by atoms with van der Waals surface area (Å²) in [6, 6.07) is 11.1. The van der Waals surface area contributed by atoms with E-state index in [4.69, 9.17) is 18.9 Å². The lowest BCUT2D eigenvalue weighted by atomic mass is 10.3. The maximum Gasteiger partial charge on any atom is 0.163 e. The summed E-state index contributed by atoms with van der Waals surface area (Å²) in [5.41, 5.74) is 1.67. The monoisotopic (exact) mass is 314 g/mol. The number of methoxy groups -OCH3 is 3. The van der Waals surface area contributed by atoms with Gasteiger partial charge in [0.1, 0.15) is 23.9 Å². The van der Waals surface area contributed by atoms with Gasteiger partial charge < -0.3 is 23.9 Å². The van der Waals surface area contributed by atoms with Crippen molar-refractivity contribution in [1.82, 2.24) is 9.97 Å². The number of imidazole rings is 1. The molecule has 3 rings (SSSR count). The summed E-state index contributed by atoms with van der Waals surface area (Å²) >= 11 is 0. The van der Waals surface area contributed by atoms with Crippen molar-refractivity contribution in [2.75, 3.05) is 21.3 Å². The molecule has 6 nitrogen and oxygen atoms in total. The number of ether oxygens (including phenoxy) is 4. The molecular weight excluding hydrogens is 296 g/mol. The molecule has 23 heavy (non-hydrogen) atoms. The zero-order valence-corrected chi connectivity index (χ0v) is 13.3. The summed E-state index contributed by atoms with van der Waals surface area (Å²) in [6.45, 7) is 0.326. The molecule has 0 fully saturated rings. The predicted octanol–water partition coefficient (Wildman–Crippen LogP) is 3.17. The topological polar surface area (TPSA) is 65.6 Å². The Bertz CT molecular complexity index is 772. The molecule has 0 saturated carbocycles. The van der Waals surface area contributed by atoms with Crippen LogP contribution < -0.4 is 18.9 Å². The lowest BCUT2D eigenvalue weighted by Crippen LogP contribution is -1.97. The second-order valence-electron chi connectivity index (χ2n) is 4.88. The molecule has 1 aromatic heterocycles. The summed E-state index contributed by atoms with van der Waals surface area (Å²) in [7, 11) is 4.83. The van der Waals surface area contributed by atoms with Gasteiger partial charge in [-0.2, -0.15) is 0 Å². The first-order valence-corrected chi connectivity index (χ1v) is 7.11. The molecule has 0 bridgehead atoms. The van der Waals surface area contributed by atoms with Crippen LogP contribution in [0.3, 0.4) is 0 Å². The number of nitrogens with zero attached hydrogens (tertiary/aromatic N) is 1. The summed E-state index contributed by atoms with van der Waals surface area (Å²) in [6.07, 6.45) is 0. The van der Waals surface area contributed by atoms with Gasteiger partial charge in [-0.1, -0.05) is 6.07 Å². The number of fused-ring (bicyclic) bond motifs is 1. The number of aromatic nitrogens is 2. The van der Waals surface area contributed by atoms with Gasteiger partial charge in [-0.3, -0.25) is 0 Å². The minimum Gasteiger partial charge on any atom is -0.497 e. The standard InChI is InChI=1S/C17H18N2O4/c1-20-11-5-4-6-12(7-11)23-10-17-18-13-8-15(21-2)16(22-3)9-14(13)19-17/h4-9H,10H2,1-3H3,(H,18,19). The summed E-state index contributed by atoms with van der Waals surface area (Å²) in [5, 5.41) is 0. The van der Waals surface area contributed by atoms with Crippen molar-refractivity contribution in [1.29, 1.82) is 0 Å². The predicted molar refractivity (Wildman–Crippen MR) is 86.5 cm³/mol. The Kier molecular flexibility index (Phi) is 4.23. The average molecular weight is 314 g/mol. The van der Waals surface area contributed by atoms with E-state index < -0.39 is 0 Å². The fourth-order valence-electron chi connectivity index (χ4n) is 2.30. The van der Waals surface area contributed by atoms with Crippen molar-refractivity contribution in [3.63, 3.8) is 0 Å². The Balaban J connectivity index is 1.80. The second-order valence-corrected chi connectivity index (χ2v) is 4.88. The van der Waals surface area contributed by atoms with Gasteiger partial charge in [0.15, 0.2) is 11.5 Å². The van der Waals surface area contributed by atoms with Gasteiger partial charge in [0, 0.05) is 18.2 Å². The third-order valence-electron chi connectivity index (χ3n) is 3.45. The zero-order valence-electron chi connectivity index (χ0n) is 13.3. The van der Waals surface area contributed by atoms with E-state index in [9.17, 15) is 0 Å². The Hall–Kier alpha value is -2.89. The van der Waals surface area contributed by atoms with Crippen LogP contribution in [0.15, 0.2) is 36.4 Å². The molecule has 0 spiro atoms. The maximum atomic E-state index is 5.74. The van der Waals surface area contributed by atoms with E-state index in [1.807, 2.05) is 36.4 Å². The molecule has 0 radical (unpaired) electrons. The minimum absolute atomic E-state index is 0.326. The number of H-pyrrole nitrogens is 1. The molecule has 1 heterocycles. The Morgan fingerprint density at radius 2 is 1.65 bits per heavy atom. The van der Waals surface area contributed by atoms with Gasteiger partial charge in [-0.15, -0.1) is 0 Å². The third-order valence-corrected chi connectivity index (χ3v) is 3.45. The van der Waals surface area contributed by atoms with E-state index in [1.54, 1.807) is 21.3 Å². The first-order valence-electron chi connectivity index (χ1n) is 7.11. The number of nitrogens with one attached hydrogen (secondary N) is 1. The van der Waals surface area contributed by atoms with Crippen molar-refractivity contribution < 1.29 is 18.9 Å². The van der Waals surface area contributed by atoms with E-state index in [0.29, 0.717) is 18.1 Å². The first kappa shape index (κ1) is 15.0. The summed E-state index contributed by atoms with van der Waals surface area (Å²) < 4.78 is 21.5. The van der Waals surface area contributed by atoms with Crippen LogP contribution in [-0.2, 0) is 6.61 Å². The van der Waals surface area contributed by atoms with Crippen LogP contribution in [0, 0.1) is 0 Å². The number of aromatic amines is 1. The molecule has 6 heteroatoms. The van der Waals surface area contributed by atoms with Crippen LogP contribution in [0.4, 0.5) is 0 Å². The largest absolute Gasteiger partial charge is 0.497 e. The fraction of sp³-hybridized carbons (Fsp3) is 0.235. The number of hydrogen-bond acceptors (Lipinski definition) is 5. The van der Waals surface area contributed by atoms with Crippen LogP contribution in [0.5, 0.6) is 23.0 Å². The van der Waals surface area contributed by atoms with Crippen molar-refractivity contribution in [2.45, 2.75) is 6.61 Å². The number of benzene rings is 2. The SMILES string of the molecule is COc1cccc(OCc2nc3cc(OC)c(OC)cc3[nH]2)c1. The van der Waals surface area contributed by atoms with Crippen molar-refractivity contribution in [2.24, 2.45) is 0 Å². The lowest BCUT2D eigenvalue weighted by Gasteiger charge is -2.06.